The summed E-state index contributed by atoms with van der Waals surface area (Å²) in [6, 6.07) is 0. The van der Waals surface area contributed by atoms with Crippen LogP contribution in [0.25, 0.3) is 0 Å². The Labute approximate surface area is 121 Å². The summed E-state index contributed by atoms with van der Waals surface area (Å²) in [4.78, 5) is 24.2. The Balaban J connectivity index is 4.68. The first-order valence-electron chi connectivity index (χ1n) is 6.74. The summed E-state index contributed by atoms with van der Waals surface area (Å²) in [6.07, 6.45) is -0.244. The van der Waals surface area contributed by atoms with Crippen molar-refractivity contribution in [3.05, 3.63) is 0 Å². The number of amides is 1. The molecule has 0 saturated heterocycles. The number of esters is 1. The van der Waals surface area contributed by atoms with Crippen molar-refractivity contribution in [3.63, 3.8) is 0 Å². The SMILES string of the molecule is CCOC(=O)C(C(=O)NCC(COC)OC)C(C)(C)C. The summed E-state index contributed by atoms with van der Waals surface area (Å²) < 4.78 is 15.1. The average molecular weight is 289 g/mol. The molecule has 0 aromatic heterocycles. The van der Waals surface area contributed by atoms with Gasteiger partial charge in [-0.25, -0.2) is 0 Å². The molecule has 1 N–H and O–H groups in total. The Morgan fingerprint density at radius 3 is 2.20 bits per heavy atom. The Morgan fingerprint density at radius 1 is 1.20 bits per heavy atom. The third-order valence-corrected chi connectivity index (χ3v) is 2.84. The van der Waals surface area contributed by atoms with Crippen molar-refractivity contribution in [3.8, 4) is 0 Å². The summed E-state index contributed by atoms with van der Waals surface area (Å²) >= 11 is 0. The molecule has 0 saturated carbocycles. The molecule has 0 aromatic rings. The maximum Gasteiger partial charge on any atom is 0.319 e. The van der Waals surface area contributed by atoms with Gasteiger partial charge in [-0.3, -0.25) is 9.59 Å². The van der Waals surface area contributed by atoms with E-state index in [4.69, 9.17) is 14.2 Å². The monoisotopic (exact) mass is 289 g/mol. The number of ether oxygens (including phenoxy) is 3. The van der Waals surface area contributed by atoms with Crippen LogP contribution >= 0.6 is 0 Å². The van der Waals surface area contributed by atoms with E-state index in [0.29, 0.717) is 6.61 Å². The van der Waals surface area contributed by atoms with Crippen molar-refractivity contribution in [1.29, 1.82) is 0 Å². The van der Waals surface area contributed by atoms with Gasteiger partial charge in [0.1, 0.15) is 5.92 Å². The second-order valence-corrected chi connectivity index (χ2v) is 5.61. The summed E-state index contributed by atoms with van der Waals surface area (Å²) in [5.74, 6) is -1.70. The number of carbonyl (C=O) groups is 2. The molecule has 0 fully saturated rings. The van der Waals surface area contributed by atoms with E-state index >= 15 is 0 Å². The highest BCUT2D eigenvalue weighted by Gasteiger charge is 2.38. The smallest absolute Gasteiger partial charge is 0.319 e. The highest BCUT2D eigenvalue weighted by atomic mass is 16.5. The van der Waals surface area contributed by atoms with Crippen LogP contribution in [-0.2, 0) is 23.8 Å². The van der Waals surface area contributed by atoms with Crippen LogP contribution in [0.5, 0.6) is 0 Å². The van der Waals surface area contributed by atoms with Crippen LogP contribution < -0.4 is 5.32 Å². The van der Waals surface area contributed by atoms with E-state index in [2.05, 4.69) is 5.32 Å². The minimum atomic E-state index is -0.845. The zero-order chi connectivity index (χ0) is 15.8. The van der Waals surface area contributed by atoms with Crippen LogP contribution in [0, 0.1) is 11.3 Å². The van der Waals surface area contributed by atoms with Gasteiger partial charge < -0.3 is 19.5 Å². The minimum absolute atomic E-state index is 0.244. The number of hydrogen-bond donors (Lipinski definition) is 1. The fraction of sp³-hybridized carbons (Fsp3) is 0.857. The highest BCUT2D eigenvalue weighted by Crippen LogP contribution is 2.27. The van der Waals surface area contributed by atoms with Crippen LogP contribution in [0.15, 0.2) is 0 Å². The van der Waals surface area contributed by atoms with E-state index in [9.17, 15) is 9.59 Å². The van der Waals surface area contributed by atoms with Gasteiger partial charge in [0, 0.05) is 20.8 Å². The van der Waals surface area contributed by atoms with Gasteiger partial charge in [-0.2, -0.15) is 0 Å². The molecular weight excluding hydrogens is 262 g/mol. The molecule has 0 heterocycles. The van der Waals surface area contributed by atoms with Gasteiger partial charge in [0.15, 0.2) is 0 Å². The van der Waals surface area contributed by atoms with Crippen molar-refractivity contribution >= 4 is 11.9 Å². The molecule has 2 unspecified atom stereocenters. The highest BCUT2D eigenvalue weighted by molar-refractivity contribution is 5.98. The maximum atomic E-state index is 12.2. The minimum Gasteiger partial charge on any atom is -0.465 e. The number of rotatable bonds is 8. The second kappa shape index (κ2) is 8.92. The molecule has 0 aromatic carbocycles. The van der Waals surface area contributed by atoms with E-state index in [0.717, 1.165) is 0 Å². The first-order chi connectivity index (χ1) is 9.27. The molecule has 20 heavy (non-hydrogen) atoms. The third kappa shape index (κ3) is 6.34. The molecule has 0 rings (SSSR count). The number of nitrogens with one attached hydrogen (secondary N) is 1. The first kappa shape index (κ1) is 18.9. The van der Waals surface area contributed by atoms with E-state index < -0.39 is 17.3 Å². The first-order valence-corrected chi connectivity index (χ1v) is 6.74. The average Bonchev–Trinajstić information content (AvgIpc) is 2.33. The largest absolute Gasteiger partial charge is 0.465 e. The molecule has 0 bridgehead atoms. The fourth-order valence-corrected chi connectivity index (χ4v) is 1.79. The Hall–Kier alpha value is -1.14. The van der Waals surface area contributed by atoms with Crippen molar-refractivity contribution in [2.75, 3.05) is 34.0 Å². The predicted molar refractivity (Wildman–Crippen MR) is 75.3 cm³/mol. The summed E-state index contributed by atoms with van der Waals surface area (Å²) in [7, 11) is 3.10. The van der Waals surface area contributed by atoms with Crippen LogP contribution in [0.4, 0.5) is 0 Å². The number of hydrogen-bond acceptors (Lipinski definition) is 5. The lowest BCUT2D eigenvalue weighted by atomic mass is 9.80. The molecule has 118 valence electrons. The summed E-state index contributed by atoms with van der Waals surface area (Å²) in [6.45, 7) is 8.12. The molecule has 6 nitrogen and oxygen atoms in total. The number of carbonyl (C=O) groups excluding carboxylic acids is 2. The van der Waals surface area contributed by atoms with Crippen LogP contribution in [0.1, 0.15) is 27.7 Å². The molecule has 2 atom stereocenters. The molecule has 0 aliphatic rings. The second-order valence-electron chi connectivity index (χ2n) is 5.61. The van der Waals surface area contributed by atoms with Gasteiger partial charge in [0.25, 0.3) is 0 Å². The topological polar surface area (TPSA) is 73.9 Å². The van der Waals surface area contributed by atoms with Gasteiger partial charge in [0.2, 0.25) is 5.91 Å². The van der Waals surface area contributed by atoms with Gasteiger partial charge in [-0.1, -0.05) is 20.8 Å². The van der Waals surface area contributed by atoms with E-state index in [1.54, 1.807) is 21.1 Å². The maximum absolute atomic E-state index is 12.2. The number of methoxy groups -OCH3 is 2. The lowest BCUT2D eigenvalue weighted by molar-refractivity contribution is -0.156. The van der Waals surface area contributed by atoms with E-state index in [1.165, 1.54) is 0 Å². The lowest BCUT2D eigenvalue weighted by Gasteiger charge is -2.28. The van der Waals surface area contributed by atoms with Crippen molar-refractivity contribution in [2.24, 2.45) is 11.3 Å². The standard InChI is InChI=1S/C14H27NO5/c1-7-20-13(17)11(14(2,3)4)12(16)15-8-10(19-6)9-18-5/h10-11H,7-9H2,1-6H3,(H,15,16). The van der Waals surface area contributed by atoms with Crippen molar-refractivity contribution < 1.29 is 23.8 Å². The zero-order valence-electron chi connectivity index (χ0n) is 13.3. The molecular formula is C14H27NO5. The van der Waals surface area contributed by atoms with Crippen molar-refractivity contribution in [1.82, 2.24) is 5.32 Å². The fourth-order valence-electron chi connectivity index (χ4n) is 1.79. The van der Waals surface area contributed by atoms with Gasteiger partial charge in [-0.15, -0.1) is 0 Å². The van der Waals surface area contributed by atoms with Gasteiger partial charge in [0.05, 0.1) is 19.3 Å². The van der Waals surface area contributed by atoms with Gasteiger partial charge in [-0.05, 0) is 12.3 Å². The Morgan fingerprint density at radius 2 is 1.80 bits per heavy atom. The summed E-state index contributed by atoms with van der Waals surface area (Å²) in [5.41, 5.74) is -0.514. The van der Waals surface area contributed by atoms with Crippen LogP contribution in [-0.4, -0.2) is 52.0 Å². The third-order valence-electron chi connectivity index (χ3n) is 2.84. The quantitative estimate of drug-likeness (QED) is 0.533. The lowest BCUT2D eigenvalue weighted by Crippen LogP contribution is -2.46. The van der Waals surface area contributed by atoms with E-state index in [-0.39, 0.29) is 25.2 Å². The molecule has 0 radical (unpaired) electrons. The zero-order valence-corrected chi connectivity index (χ0v) is 13.3. The Bertz CT molecular complexity index is 311. The predicted octanol–water partition coefficient (Wildman–Crippen LogP) is 0.989. The van der Waals surface area contributed by atoms with E-state index in [1.807, 2.05) is 20.8 Å². The van der Waals surface area contributed by atoms with Crippen molar-refractivity contribution in [2.45, 2.75) is 33.8 Å². The van der Waals surface area contributed by atoms with Crippen LogP contribution in [0.3, 0.4) is 0 Å². The normalized spacial score (nSPS) is 14.5. The van der Waals surface area contributed by atoms with Crippen LogP contribution in [0.2, 0.25) is 0 Å². The molecule has 0 aliphatic heterocycles. The van der Waals surface area contributed by atoms with Gasteiger partial charge >= 0.3 is 5.97 Å². The summed E-state index contributed by atoms with van der Waals surface area (Å²) in [5, 5.41) is 2.72. The molecule has 0 aliphatic carbocycles. The Kier molecular flexibility index (Phi) is 8.41. The molecule has 6 heteroatoms. The molecule has 1 amide bonds. The molecule has 0 spiro atoms.